The second-order valence-electron chi connectivity index (χ2n) is 4.82. The largest absolute Gasteiger partial charge is 0.370 e. The van der Waals surface area contributed by atoms with E-state index in [9.17, 15) is 4.39 Å². The van der Waals surface area contributed by atoms with Crippen molar-refractivity contribution in [2.45, 2.75) is 26.8 Å². The van der Waals surface area contributed by atoms with Crippen molar-refractivity contribution >= 4 is 35.6 Å². The van der Waals surface area contributed by atoms with Crippen LogP contribution in [0.1, 0.15) is 25.8 Å². The summed E-state index contributed by atoms with van der Waals surface area (Å²) in [6.07, 6.45) is 1.07. The smallest absolute Gasteiger partial charge is 0.191 e. The number of rotatable bonds is 5. The van der Waals surface area contributed by atoms with Crippen LogP contribution in [-0.2, 0) is 6.54 Å². The van der Waals surface area contributed by atoms with Gasteiger partial charge in [0.2, 0.25) is 0 Å². The Hall–Kier alpha value is -1.05. The molecule has 0 saturated carbocycles. The lowest BCUT2D eigenvalue weighted by atomic mass is 10.2. The van der Waals surface area contributed by atoms with E-state index in [0.717, 1.165) is 44.1 Å². The van der Waals surface area contributed by atoms with Gasteiger partial charge < -0.3 is 15.5 Å². The fraction of sp³-hybridized carbons (Fsp3) is 0.533. The van der Waals surface area contributed by atoms with Crippen LogP contribution in [-0.4, -0.2) is 32.1 Å². The van der Waals surface area contributed by atoms with Gasteiger partial charge in [0, 0.05) is 32.7 Å². The SMILES string of the molecule is CCN(CC)c1ccc(CNC2=NCCCN2)cc1F.I. The summed E-state index contributed by atoms with van der Waals surface area (Å²) in [4.78, 5) is 6.34. The zero-order chi connectivity index (χ0) is 14.4. The molecule has 0 unspecified atom stereocenters. The molecule has 0 radical (unpaired) electrons. The third-order valence-electron chi connectivity index (χ3n) is 3.47. The second kappa shape index (κ2) is 9.07. The lowest BCUT2D eigenvalue weighted by molar-refractivity contribution is 0.616. The van der Waals surface area contributed by atoms with E-state index in [4.69, 9.17) is 0 Å². The molecular weight excluding hydrogens is 382 g/mol. The zero-order valence-electron chi connectivity index (χ0n) is 12.7. The highest BCUT2D eigenvalue weighted by Crippen LogP contribution is 2.20. The molecule has 0 amide bonds. The standard InChI is InChI=1S/C15H23FN4.HI/c1-3-20(4-2)14-7-6-12(10-13(14)16)11-19-15-17-8-5-9-18-15;/h6-7,10H,3-5,8-9,11H2,1-2H3,(H2,17,18,19);1H. The number of hydrogen-bond donors (Lipinski definition) is 2. The van der Waals surface area contributed by atoms with E-state index < -0.39 is 0 Å². The Morgan fingerprint density at radius 1 is 1.33 bits per heavy atom. The highest BCUT2D eigenvalue weighted by atomic mass is 127. The molecule has 118 valence electrons. The first-order chi connectivity index (χ1) is 9.74. The van der Waals surface area contributed by atoms with Crippen LogP contribution in [0.25, 0.3) is 0 Å². The van der Waals surface area contributed by atoms with Crippen LogP contribution in [0.15, 0.2) is 23.2 Å². The van der Waals surface area contributed by atoms with Crippen molar-refractivity contribution in [3.63, 3.8) is 0 Å². The summed E-state index contributed by atoms with van der Waals surface area (Å²) in [7, 11) is 0. The molecule has 6 heteroatoms. The molecule has 4 nitrogen and oxygen atoms in total. The number of guanidine groups is 1. The van der Waals surface area contributed by atoms with Crippen molar-refractivity contribution < 1.29 is 4.39 Å². The predicted molar refractivity (Wildman–Crippen MR) is 97.1 cm³/mol. The van der Waals surface area contributed by atoms with Crippen molar-refractivity contribution in [2.24, 2.45) is 4.99 Å². The van der Waals surface area contributed by atoms with E-state index in [1.165, 1.54) is 0 Å². The Balaban J connectivity index is 0.00000220. The third kappa shape index (κ3) is 5.01. The molecule has 0 spiro atoms. The first-order valence-electron chi connectivity index (χ1n) is 7.30. The maximum Gasteiger partial charge on any atom is 0.191 e. The molecule has 1 heterocycles. The van der Waals surface area contributed by atoms with E-state index in [1.807, 2.05) is 30.9 Å². The Morgan fingerprint density at radius 2 is 2.10 bits per heavy atom. The van der Waals surface area contributed by atoms with E-state index in [-0.39, 0.29) is 29.8 Å². The van der Waals surface area contributed by atoms with Crippen LogP contribution in [0.3, 0.4) is 0 Å². The van der Waals surface area contributed by atoms with E-state index in [2.05, 4.69) is 15.6 Å². The number of benzene rings is 1. The van der Waals surface area contributed by atoms with Gasteiger partial charge in [-0.2, -0.15) is 0 Å². The molecule has 21 heavy (non-hydrogen) atoms. The summed E-state index contributed by atoms with van der Waals surface area (Å²) in [5, 5.41) is 6.39. The quantitative estimate of drug-likeness (QED) is 0.739. The van der Waals surface area contributed by atoms with Crippen LogP contribution in [0.4, 0.5) is 10.1 Å². The molecule has 0 bridgehead atoms. The number of aliphatic imine (C=N–C) groups is 1. The van der Waals surface area contributed by atoms with Crippen molar-refractivity contribution in [1.29, 1.82) is 0 Å². The lowest BCUT2D eigenvalue weighted by Gasteiger charge is -2.22. The molecule has 1 aliphatic heterocycles. The monoisotopic (exact) mass is 406 g/mol. The topological polar surface area (TPSA) is 39.7 Å². The van der Waals surface area contributed by atoms with E-state index >= 15 is 0 Å². The van der Waals surface area contributed by atoms with Gasteiger partial charge in [-0.15, -0.1) is 24.0 Å². The second-order valence-corrected chi connectivity index (χ2v) is 4.82. The van der Waals surface area contributed by atoms with Crippen LogP contribution in [0, 0.1) is 5.82 Å². The van der Waals surface area contributed by atoms with E-state index in [0.29, 0.717) is 12.2 Å². The molecule has 1 aromatic rings. The summed E-state index contributed by atoms with van der Waals surface area (Å²) < 4.78 is 14.1. The first kappa shape index (κ1) is 18.0. The van der Waals surface area contributed by atoms with Crippen molar-refractivity contribution in [3.05, 3.63) is 29.6 Å². The van der Waals surface area contributed by atoms with Gasteiger partial charge in [-0.05, 0) is 38.0 Å². The number of halogens is 2. The predicted octanol–water partition coefficient (Wildman–Crippen LogP) is 2.73. The molecular formula is C15H24FIN4. The summed E-state index contributed by atoms with van der Waals surface area (Å²) in [5.74, 6) is 0.649. The molecule has 0 aromatic heterocycles. The maximum absolute atomic E-state index is 14.1. The maximum atomic E-state index is 14.1. The van der Waals surface area contributed by atoms with Gasteiger partial charge in [0.1, 0.15) is 5.82 Å². The highest BCUT2D eigenvalue weighted by Gasteiger charge is 2.09. The van der Waals surface area contributed by atoms with Crippen molar-refractivity contribution in [1.82, 2.24) is 10.6 Å². The molecule has 0 fully saturated rings. The van der Waals surface area contributed by atoms with Crippen LogP contribution >= 0.6 is 24.0 Å². The molecule has 0 aliphatic carbocycles. The fourth-order valence-corrected chi connectivity index (χ4v) is 2.32. The van der Waals surface area contributed by atoms with Gasteiger partial charge in [0.05, 0.1) is 5.69 Å². The highest BCUT2D eigenvalue weighted by molar-refractivity contribution is 14.0. The van der Waals surface area contributed by atoms with Crippen LogP contribution < -0.4 is 15.5 Å². The minimum atomic E-state index is -0.161. The van der Waals surface area contributed by atoms with E-state index in [1.54, 1.807) is 6.07 Å². The minimum absolute atomic E-state index is 0. The Kier molecular flexibility index (Phi) is 7.77. The van der Waals surface area contributed by atoms with Gasteiger partial charge in [-0.3, -0.25) is 4.99 Å². The molecule has 1 aromatic carbocycles. The number of hydrogen-bond acceptors (Lipinski definition) is 4. The minimum Gasteiger partial charge on any atom is -0.370 e. The summed E-state index contributed by atoms with van der Waals surface area (Å²) in [6, 6.07) is 5.42. The zero-order valence-corrected chi connectivity index (χ0v) is 15.0. The van der Waals surface area contributed by atoms with Crippen molar-refractivity contribution in [3.8, 4) is 0 Å². The van der Waals surface area contributed by atoms with Gasteiger partial charge in [0.25, 0.3) is 0 Å². The van der Waals surface area contributed by atoms with Gasteiger partial charge in [-0.25, -0.2) is 4.39 Å². The van der Waals surface area contributed by atoms with Crippen LogP contribution in [0.2, 0.25) is 0 Å². The molecule has 1 aliphatic rings. The summed E-state index contributed by atoms with van der Waals surface area (Å²) in [6.45, 7) is 8.07. The fourth-order valence-electron chi connectivity index (χ4n) is 2.32. The molecule has 2 N–H and O–H groups in total. The number of anilines is 1. The molecule has 0 atom stereocenters. The first-order valence-corrected chi connectivity index (χ1v) is 7.30. The average Bonchev–Trinajstić information content (AvgIpc) is 2.49. The normalized spacial score (nSPS) is 13.8. The lowest BCUT2D eigenvalue weighted by Crippen LogP contribution is -2.40. The summed E-state index contributed by atoms with van der Waals surface area (Å²) >= 11 is 0. The Bertz CT molecular complexity index is 475. The van der Waals surface area contributed by atoms with Gasteiger partial charge in [0.15, 0.2) is 5.96 Å². The number of nitrogens with zero attached hydrogens (tertiary/aromatic N) is 2. The molecule has 0 saturated heterocycles. The van der Waals surface area contributed by atoms with Gasteiger partial charge in [-0.1, -0.05) is 6.07 Å². The van der Waals surface area contributed by atoms with Crippen LogP contribution in [0.5, 0.6) is 0 Å². The number of nitrogens with one attached hydrogen (secondary N) is 2. The third-order valence-corrected chi connectivity index (χ3v) is 3.47. The van der Waals surface area contributed by atoms with Crippen molar-refractivity contribution in [2.75, 3.05) is 31.1 Å². The Labute approximate surface area is 143 Å². The molecule has 2 rings (SSSR count). The van der Waals surface area contributed by atoms with Gasteiger partial charge >= 0.3 is 0 Å². The summed E-state index contributed by atoms with van der Waals surface area (Å²) in [5.41, 5.74) is 1.60. The Morgan fingerprint density at radius 3 is 2.67 bits per heavy atom. The average molecular weight is 406 g/mol.